The highest BCUT2D eigenvalue weighted by molar-refractivity contribution is 7.90. The quantitative estimate of drug-likeness (QED) is 0.393. The molecule has 2 N–H and O–H groups in total. The van der Waals surface area contributed by atoms with E-state index in [9.17, 15) is 23.7 Å². The van der Waals surface area contributed by atoms with Crippen molar-refractivity contribution in [1.29, 1.82) is 0 Å². The summed E-state index contributed by atoms with van der Waals surface area (Å²) in [6.07, 6.45) is -1.63. The number of carbonyl (C=O) groups excluding carboxylic acids is 4. The average Bonchev–Trinajstić information content (AvgIpc) is 3.28. The fraction of sp³-hybridized carbons (Fsp3) is 0.583. The van der Waals surface area contributed by atoms with Crippen molar-refractivity contribution in [3.63, 3.8) is 0 Å². The SMILES string of the molecule is CC(C)(C)[S+]([O-])N[C@@H](c1cc2c(cc1F)CCO2)[C@@H](F)C(=O)C1C(=O)NC(=O)N(C2CCOCC2)C1=O. The summed E-state index contributed by atoms with van der Waals surface area (Å²) in [5.74, 6) is -6.62. The number of hydrogen-bond donors (Lipinski definition) is 2. The first-order valence-corrected chi connectivity index (χ1v) is 13.1. The number of nitrogens with zero attached hydrogens (tertiary/aromatic N) is 1. The molecule has 2 saturated heterocycles. The van der Waals surface area contributed by atoms with Crippen LogP contribution in [0.25, 0.3) is 0 Å². The zero-order valence-electron chi connectivity index (χ0n) is 20.7. The molecular weight excluding hydrogens is 512 g/mol. The summed E-state index contributed by atoms with van der Waals surface area (Å²) >= 11 is -1.96. The molecule has 4 amide bonds. The molecule has 1 aromatic rings. The lowest BCUT2D eigenvalue weighted by Gasteiger charge is -2.37. The highest BCUT2D eigenvalue weighted by Gasteiger charge is 2.51. The van der Waals surface area contributed by atoms with Crippen LogP contribution in [0.15, 0.2) is 12.1 Å². The third kappa shape index (κ3) is 5.49. The molecule has 0 bridgehead atoms. The standard InChI is InChI=1S/C24H29F2N3O7S/c1-24(2,3)37(34)28-19(14-11-16-12(4-9-36-16)10-15(14)25)18(26)20(30)17-21(31)27-23(33)29(22(17)32)13-5-7-35-8-6-13/h10-11,13,17-19,28H,4-9H2,1-3H3,(H,27,31,33)/t17?,18-,19+,37?/m1/s1. The molecule has 3 aliphatic heterocycles. The summed E-state index contributed by atoms with van der Waals surface area (Å²) in [4.78, 5) is 52.3. The van der Waals surface area contributed by atoms with Crippen LogP contribution in [0.4, 0.5) is 13.6 Å². The molecule has 0 aromatic heterocycles. The molecule has 4 rings (SSSR count). The Morgan fingerprint density at radius 3 is 2.54 bits per heavy atom. The van der Waals surface area contributed by atoms with E-state index in [1.807, 2.05) is 5.32 Å². The first-order valence-electron chi connectivity index (χ1n) is 12.0. The van der Waals surface area contributed by atoms with Crippen LogP contribution in [-0.2, 0) is 36.9 Å². The molecule has 3 aliphatic rings. The Morgan fingerprint density at radius 2 is 1.89 bits per heavy atom. The lowest BCUT2D eigenvalue weighted by molar-refractivity contribution is -0.151. The minimum Gasteiger partial charge on any atom is -0.598 e. The molecule has 2 unspecified atom stereocenters. The molecule has 0 saturated carbocycles. The van der Waals surface area contributed by atoms with Crippen LogP contribution in [0.3, 0.4) is 0 Å². The maximum atomic E-state index is 16.0. The molecule has 1 aromatic carbocycles. The number of rotatable bonds is 7. The summed E-state index contributed by atoms with van der Waals surface area (Å²) in [5, 5.41) is 1.96. The van der Waals surface area contributed by atoms with E-state index in [4.69, 9.17) is 9.47 Å². The van der Waals surface area contributed by atoms with Gasteiger partial charge in [-0.15, -0.1) is 4.72 Å². The Balaban J connectivity index is 1.67. The molecule has 202 valence electrons. The normalized spacial score (nSPS) is 23.2. The van der Waals surface area contributed by atoms with Gasteiger partial charge in [-0.05, 0) is 45.7 Å². The number of halogens is 2. The van der Waals surface area contributed by atoms with Crippen LogP contribution < -0.4 is 14.8 Å². The Hall–Kier alpha value is -2.61. The van der Waals surface area contributed by atoms with Gasteiger partial charge >= 0.3 is 6.03 Å². The average molecular weight is 542 g/mol. The van der Waals surface area contributed by atoms with E-state index in [0.717, 1.165) is 11.0 Å². The first-order chi connectivity index (χ1) is 17.4. The largest absolute Gasteiger partial charge is 0.598 e. The van der Waals surface area contributed by atoms with Gasteiger partial charge in [-0.2, -0.15) is 0 Å². The van der Waals surface area contributed by atoms with Crippen molar-refractivity contribution < 1.29 is 42.0 Å². The monoisotopic (exact) mass is 541 g/mol. The predicted molar refractivity (Wildman–Crippen MR) is 127 cm³/mol. The summed E-state index contributed by atoms with van der Waals surface area (Å²) in [6.45, 7) is 5.63. The fourth-order valence-corrected chi connectivity index (χ4v) is 5.31. The van der Waals surface area contributed by atoms with Crippen LogP contribution in [0, 0.1) is 11.7 Å². The molecular formula is C24H29F2N3O7S. The van der Waals surface area contributed by atoms with Crippen molar-refractivity contribution in [2.24, 2.45) is 5.92 Å². The number of hydrogen-bond acceptors (Lipinski definition) is 8. The zero-order chi connectivity index (χ0) is 27.1. The van der Waals surface area contributed by atoms with Crippen molar-refractivity contribution in [2.45, 2.75) is 63.0 Å². The van der Waals surface area contributed by atoms with Crippen molar-refractivity contribution in [2.75, 3.05) is 19.8 Å². The summed E-state index contributed by atoms with van der Waals surface area (Å²) in [5.41, 5.74) is 0.228. The molecule has 4 atom stereocenters. The Morgan fingerprint density at radius 1 is 1.22 bits per heavy atom. The molecule has 0 aliphatic carbocycles. The third-order valence-electron chi connectivity index (χ3n) is 6.53. The van der Waals surface area contributed by atoms with E-state index < -0.39 is 69.7 Å². The second-order valence-electron chi connectivity index (χ2n) is 10.1. The number of Topliss-reactive ketones (excluding diaryl/α,β-unsaturated/α-hetero) is 1. The number of ketones is 1. The maximum absolute atomic E-state index is 16.0. The van der Waals surface area contributed by atoms with Crippen LogP contribution in [-0.4, -0.2) is 69.9 Å². The number of fused-ring (bicyclic) bond motifs is 1. The van der Waals surface area contributed by atoms with Gasteiger partial charge in [0.25, 0.3) is 5.91 Å². The molecule has 2 fully saturated rings. The molecule has 0 spiro atoms. The van der Waals surface area contributed by atoms with Crippen molar-refractivity contribution in [3.8, 4) is 5.75 Å². The second kappa shape index (κ2) is 10.6. The lowest BCUT2D eigenvalue weighted by atomic mass is 9.89. The predicted octanol–water partition coefficient (Wildman–Crippen LogP) is 1.63. The van der Waals surface area contributed by atoms with Gasteiger partial charge in [0.2, 0.25) is 5.91 Å². The summed E-state index contributed by atoms with van der Waals surface area (Å²) < 4.78 is 56.3. The zero-order valence-corrected chi connectivity index (χ0v) is 21.5. The van der Waals surface area contributed by atoms with E-state index in [0.29, 0.717) is 37.2 Å². The number of ether oxygens (including phenoxy) is 2. The smallest absolute Gasteiger partial charge is 0.331 e. The Kier molecular flexibility index (Phi) is 7.88. The molecule has 3 heterocycles. The van der Waals surface area contributed by atoms with Crippen molar-refractivity contribution in [1.82, 2.24) is 14.9 Å². The van der Waals surface area contributed by atoms with Gasteiger partial charge in [0, 0.05) is 48.2 Å². The number of alkyl halides is 1. The van der Waals surface area contributed by atoms with Gasteiger partial charge in [-0.3, -0.25) is 24.6 Å². The minimum atomic E-state index is -2.66. The molecule has 13 heteroatoms. The highest BCUT2D eigenvalue weighted by Crippen LogP contribution is 2.35. The maximum Gasteiger partial charge on any atom is 0.331 e. The van der Waals surface area contributed by atoms with E-state index in [1.165, 1.54) is 6.07 Å². The summed E-state index contributed by atoms with van der Waals surface area (Å²) in [6, 6.07) is -1.04. The van der Waals surface area contributed by atoms with E-state index in [2.05, 4.69) is 4.72 Å². The lowest BCUT2D eigenvalue weighted by Crippen LogP contribution is -2.64. The highest BCUT2D eigenvalue weighted by atomic mass is 32.2. The van der Waals surface area contributed by atoms with Crippen LogP contribution in [0.1, 0.15) is 50.8 Å². The van der Waals surface area contributed by atoms with Crippen molar-refractivity contribution >= 4 is 35.0 Å². The Bertz CT molecular complexity index is 1110. The van der Waals surface area contributed by atoms with Gasteiger partial charge in [0.1, 0.15) is 22.4 Å². The van der Waals surface area contributed by atoms with Crippen LogP contribution in [0.2, 0.25) is 0 Å². The number of carbonyl (C=O) groups is 4. The number of benzene rings is 1. The molecule has 0 radical (unpaired) electrons. The van der Waals surface area contributed by atoms with Crippen LogP contribution >= 0.6 is 0 Å². The van der Waals surface area contributed by atoms with Gasteiger partial charge in [-0.25, -0.2) is 13.6 Å². The van der Waals surface area contributed by atoms with Crippen molar-refractivity contribution in [3.05, 3.63) is 29.1 Å². The van der Waals surface area contributed by atoms with E-state index >= 15 is 8.78 Å². The van der Waals surface area contributed by atoms with Gasteiger partial charge in [-0.1, -0.05) is 0 Å². The minimum absolute atomic E-state index is 0.268. The summed E-state index contributed by atoms with van der Waals surface area (Å²) in [7, 11) is 0. The van der Waals surface area contributed by atoms with E-state index in [-0.39, 0.29) is 18.8 Å². The van der Waals surface area contributed by atoms with Gasteiger partial charge in [0.05, 0.1) is 6.61 Å². The number of nitrogens with one attached hydrogen (secondary N) is 2. The Labute approximate surface area is 215 Å². The number of barbiturate groups is 1. The van der Waals surface area contributed by atoms with Gasteiger partial charge < -0.3 is 14.0 Å². The van der Waals surface area contributed by atoms with Gasteiger partial charge in [0.15, 0.2) is 17.9 Å². The molecule has 10 nitrogen and oxygen atoms in total. The topological polar surface area (TPSA) is 137 Å². The number of amides is 4. The number of imide groups is 2. The fourth-order valence-electron chi connectivity index (χ4n) is 4.47. The number of urea groups is 1. The molecule has 37 heavy (non-hydrogen) atoms. The van der Waals surface area contributed by atoms with Crippen LogP contribution in [0.5, 0.6) is 5.75 Å². The third-order valence-corrected chi connectivity index (χ3v) is 8.11. The second-order valence-corrected chi connectivity index (χ2v) is 12.1. The first kappa shape index (κ1) is 27.4. The van der Waals surface area contributed by atoms with E-state index in [1.54, 1.807) is 20.8 Å².